The number of ether oxygens (including phenoxy) is 1. The molecular weight excluding hydrogens is 230 g/mol. The topological polar surface area (TPSA) is 63.2 Å². The molecule has 1 aromatic heterocycles. The van der Waals surface area contributed by atoms with Crippen molar-refractivity contribution in [3.63, 3.8) is 0 Å². The van der Waals surface area contributed by atoms with Gasteiger partial charge in [0.05, 0.1) is 6.61 Å². The van der Waals surface area contributed by atoms with Gasteiger partial charge in [0.15, 0.2) is 0 Å². The van der Waals surface area contributed by atoms with E-state index >= 15 is 0 Å². The molecule has 1 aliphatic rings. The highest BCUT2D eigenvalue weighted by Gasteiger charge is 2.13. The second kappa shape index (κ2) is 7.08. The van der Waals surface area contributed by atoms with Crippen LogP contribution in [0.3, 0.4) is 0 Å². The van der Waals surface area contributed by atoms with Crippen LogP contribution in [0.1, 0.15) is 12.8 Å². The number of nitrogens with one attached hydrogen (secondary N) is 2. The van der Waals surface area contributed by atoms with Crippen LogP contribution in [-0.4, -0.2) is 37.2 Å². The van der Waals surface area contributed by atoms with Crippen LogP contribution in [0.4, 0.5) is 5.82 Å². The molecule has 0 bridgehead atoms. The van der Waals surface area contributed by atoms with Gasteiger partial charge in [-0.1, -0.05) is 6.07 Å². The minimum absolute atomic E-state index is 0.0977. The van der Waals surface area contributed by atoms with Gasteiger partial charge in [0.1, 0.15) is 12.4 Å². The molecule has 2 heterocycles. The van der Waals surface area contributed by atoms with E-state index in [2.05, 4.69) is 15.6 Å². The van der Waals surface area contributed by atoms with Crippen molar-refractivity contribution in [2.45, 2.75) is 12.8 Å². The normalized spacial score (nSPS) is 16.4. The van der Waals surface area contributed by atoms with E-state index in [1.54, 1.807) is 12.3 Å². The predicted octanol–water partition coefficient (Wildman–Crippen LogP) is 1.04. The summed E-state index contributed by atoms with van der Waals surface area (Å²) in [4.78, 5) is 15.6. The average molecular weight is 249 g/mol. The molecule has 98 valence electrons. The Kier molecular flexibility index (Phi) is 5.11. The fourth-order valence-corrected chi connectivity index (χ4v) is 1.98. The van der Waals surface area contributed by atoms with Crippen LogP contribution < -0.4 is 10.6 Å². The molecular formula is C13H19N3O2. The molecule has 0 saturated carbocycles. The van der Waals surface area contributed by atoms with Gasteiger partial charge in [-0.05, 0) is 44.0 Å². The van der Waals surface area contributed by atoms with Gasteiger partial charge in [0.25, 0.3) is 5.91 Å². The van der Waals surface area contributed by atoms with Crippen molar-refractivity contribution in [3.05, 3.63) is 24.4 Å². The highest BCUT2D eigenvalue weighted by atomic mass is 16.5. The summed E-state index contributed by atoms with van der Waals surface area (Å²) in [6.07, 6.45) is 3.90. The van der Waals surface area contributed by atoms with Crippen molar-refractivity contribution >= 4 is 11.7 Å². The second-order valence-electron chi connectivity index (χ2n) is 4.47. The maximum atomic E-state index is 11.6. The van der Waals surface area contributed by atoms with E-state index < -0.39 is 0 Å². The van der Waals surface area contributed by atoms with E-state index in [1.807, 2.05) is 12.1 Å². The van der Waals surface area contributed by atoms with Gasteiger partial charge in [0.2, 0.25) is 0 Å². The number of carbonyl (C=O) groups excluding carboxylic acids is 1. The van der Waals surface area contributed by atoms with Gasteiger partial charge in [-0.25, -0.2) is 4.98 Å². The third-order valence-electron chi connectivity index (χ3n) is 2.98. The van der Waals surface area contributed by atoms with Crippen molar-refractivity contribution in [2.24, 2.45) is 5.92 Å². The molecule has 0 spiro atoms. The number of nitrogens with zero attached hydrogens (tertiary/aromatic N) is 1. The van der Waals surface area contributed by atoms with Gasteiger partial charge in [-0.3, -0.25) is 4.79 Å². The summed E-state index contributed by atoms with van der Waals surface area (Å²) in [6.45, 7) is 2.86. The minimum Gasteiger partial charge on any atom is -0.371 e. The zero-order valence-electron chi connectivity index (χ0n) is 10.4. The molecule has 1 fully saturated rings. The quantitative estimate of drug-likeness (QED) is 0.818. The van der Waals surface area contributed by atoms with Gasteiger partial charge < -0.3 is 15.4 Å². The van der Waals surface area contributed by atoms with Crippen LogP contribution in [0.15, 0.2) is 24.4 Å². The largest absolute Gasteiger partial charge is 0.371 e. The summed E-state index contributed by atoms with van der Waals surface area (Å²) in [5.41, 5.74) is 0. The third-order valence-corrected chi connectivity index (χ3v) is 2.98. The van der Waals surface area contributed by atoms with Crippen molar-refractivity contribution in [3.8, 4) is 0 Å². The first-order valence-corrected chi connectivity index (χ1v) is 6.34. The Morgan fingerprint density at radius 2 is 2.28 bits per heavy atom. The summed E-state index contributed by atoms with van der Waals surface area (Å²) < 4.78 is 5.44. The molecule has 1 aliphatic heterocycles. The molecule has 0 atom stereocenters. The van der Waals surface area contributed by atoms with E-state index in [0.717, 1.165) is 25.9 Å². The van der Waals surface area contributed by atoms with Gasteiger partial charge in [-0.2, -0.15) is 0 Å². The first kappa shape index (κ1) is 13.0. The number of piperidine rings is 1. The van der Waals surface area contributed by atoms with E-state index in [9.17, 15) is 4.79 Å². The van der Waals surface area contributed by atoms with Crippen molar-refractivity contribution in [2.75, 3.05) is 31.6 Å². The number of hydrogen-bond donors (Lipinski definition) is 2. The zero-order chi connectivity index (χ0) is 12.6. The first-order valence-electron chi connectivity index (χ1n) is 6.34. The second-order valence-corrected chi connectivity index (χ2v) is 4.47. The van der Waals surface area contributed by atoms with Crippen LogP contribution in [0.2, 0.25) is 0 Å². The van der Waals surface area contributed by atoms with Gasteiger partial charge >= 0.3 is 0 Å². The number of amides is 1. The monoisotopic (exact) mass is 249 g/mol. The van der Waals surface area contributed by atoms with Crippen LogP contribution in [0, 0.1) is 5.92 Å². The van der Waals surface area contributed by atoms with Crippen LogP contribution >= 0.6 is 0 Å². The average Bonchev–Trinajstić information content (AvgIpc) is 2.41. The van der Waals surface area contributed by atoms with Crippen LogP contribution in [-0.2, 0) is 9.53 Å². The Morgan fingerprint density at radius 1 is 1.44 bits per heavy atom. The molecule has 0 aromatic carbocycles. The summed E-state index contributed by atoms with van der Waals surface area (Å²) >= 11 is 0. The lowest BCUT2D eigenvalue weighted by Crippen LogP contribution is -2.30. The van der Waals surface area contributed by atoms with E-state index in [1.165, 1.54) is 0 Å². The fourth-order valence-electron chi connectivity index (χ4n) is 1.98. The smallest absolute Gasteiger partial charge is 0.251 e. The van der Waals surface area contributed by atoms with E-state index in [0.29, 0.717) is 18.3 Å². The molecule has 0 aliphatic carbocycles. The molecule has 2 N–H and O–H groups in total. The number of carbonyl (C=O) groups is 1. The van der Waals surface area contributed by atoms with E-state index in [4.69, 9.17) is 4.74 Å². The predicted molar refractivity (Wildman–Crippen MR) is 69.3 cm³/mol. The van der Waals surface area contributed by atoms with Crippen molar-refractivity contribution in [1.82, 2.24) is 10.3 Å². The number of hydrogen-bond acceptors (Lipinski definition) is 4. The zero-order valence-corrected chi connectivity index (χ0v) is 10.4. The molecule has 1 amide bonds. The Balaban J connectivity index is 1.62. The lowest BCUT2D eigenvalue weighted by molar-refractivity contribution is -0.121. The Hall–Kier alpha value is -1.46. The standard InChI is InChI=1S/C13H19N3O2/c17-13(16-12-3-1-2-6-15-12)10-18-9-11-4-7-14-8-5-11/h1-3,6,11,14H,4-5,7-10H2,(H,15,16,17). The lowest BCUT2D eigenvalue weighted by atomic mass is 9.99. The van der Waals surface area contributed by atoms with Crippen molar-refractivity contribution < 1.29 is 9.53 Å². The van der Waals surface area contributed by atoms with Crippen LogP contribution in [0.5, 0.6) is 0 Å². The SMILES string of the molecule is O=C(COCC1CCNCC1)Nc1ccccn1. The number of aromatic nitrogens is 1. The van der Waals surface area contributed by atoms with Crippen LogP contribution in [0.25, 0.3) is 0 Å². The molecule has 18 heavy (non-hydrogen) atoms. The Labute approximate surface area is 107 Å². The molecule has 2 rings (SSSR count). The third kappa shape index (κ3) is 4.43. The van der Waals surface area contributed by atoms with Gasteiger partial charge in [0, 0.05) is 6.20 Å². The Morgan fingerprint density at radius 3 is 3.00 bits per heavy atom. The molecule has 0 unspecified atom stereocenters. The lowest BCUT2D eigenvalue weighted by Gasteiger charge is -2.22. The highest BCUT2D eigenvalue weighted by molar-refractivity contribution is 5.90. The summed E-state index contributed by atoms with van der Waals surface area (Å²) in [6, 6.07) is 5.40. The molecule has 0 radical (unpaired) electrons. The summed E-state index contributed by atoms with van der Waals surface area (Å²) in [5.74, 6) is 0.990. The molecule has 5 heteroatoms. The number of pyridine rings is 1. The van der Waals surface area contributed by atoms with Crippen molar-refractivity contribution in [1.29, 1.82) is 0 Å². The molecule has 5 nitrogen and oxygen atoms in total. The number of anilines is 1. The number of rotatable bonds is 5. The Bertz CT molecular complexity index is 364. The minimum atomic E-state index is -0.150. The summed E-state index contributed by atoms with van der Waals surface area (Å²) in [7, 11) is 0. The fraction of sp³-hybridized carbons (Fsp3) is 0.538. The highest BCUT2D eigenvalue weighted by Crippen LogP contribution is 2.11. The van der Waals surface area contributed by atoms with E-state index in [-0.39, 0.29) is 12.5 Å². The maximum Gasteiger partial charge on any atom is 0.251 e. The summed E-state index contributed by atoms with van der Waals surface area (Å²) in [5, 5.41) is 6.00. The molecule has 1 saturated heterocycles. The first-order chi connectivity index (χ1) is 8.84. The molecule has 1 aromatic rings. The maximum absolute atomic E-state index is 11.6. The van der Waals surface area contributed by atoms with Gasteiger partial charge in [-0.15, -0.1) is 0 Å².